The van der Waals surface area contributed by atoms with Gasteiger partial charge in [-0.05, 0) is 59.4 Å². The Morgan fingerprint density at radius 1 is 0.968 bits per heavy atom. The van der Waals surface area contributed by atoms with Crippen LogP contribution in [-0.4, -0.2) is 22.3 Å². The van der Waals surface area contributed by atoms with Gasteiger partial charge >= 0.3 is 0 Å². The quantitative estimate of drug-likeness (QED) is 0.493. The molecule has 31 heavy (non-hydrogen) atoms. The van der Waals surface area contributed by atoms with Crippen molar-refractivity contribution in [3.05, 3.63) is 77.1 Å². The largest absolute Gasteiger partial charge is 0.399 e. The van der Waals surface area contributed by atoms with E-state index in [4.69, 9.17) is 16.2 Å². The summed E-state index contributed by atoms with van der Waals surface area (Å²) >= 11 is 0. The van der Waals surface area contributed by atoms with E-state index in [-0.39, 0.29) is 17.6 Å². The third-order valence-corrected chi connectivity index (χ3v) is 5.80. The minimum atomic E-state index is -0.157. The Kier molecular flexibility index (Phi) is 4.92. The summed E-state index contributed by atoms with van der Waals surface area (Å²) in [4.78, 5) is 18.2. The summed E-state index contributed by atoms with van der Waals surface area (Å²) in [5, 5.41) is 0.539. The predicted octanol–water partition coefficient (Wildman–Crippen LogP) is 4.07. The SMILES string of the molecule is Nc1cccc(-c2cc(-c3ccccc3)cc3nc(N)n(CC4CCCO4)c(=O)c23)c1. The van der Waals surface area contributed by atoms with E-state index < -0.39 is 0 Å². The molecule has 0 bridgehead atoms. The number of hydrogen-bond acceptors (Lipinski definition) is 5. The highest BCUT2D eigenvalue weighted by molar-refractivity contribution is 5.98. The van der Waals surface area contributed by atoms with Crippen LogP contribution in [-0.2, 0) is 11.3 Å². The summed E-state index contributed by atoms with van der Waals surface area (Å²) in [6.07, 6.45) is 1.90. The molecule has 6 heteroatoms. The van der Waals surface area contributed by atoms with E-state index >= 15 is 0 Å². The maximum Gasteiger partial charge on any atom is 0.263 e. The second-order valence-electron chi connectivity index (χ2n) is 7.93. The molecule has 0 spiro atoms. The normalized spacial score (nSPS) is 16.1. The van der Waals surface area contributed by atoms with Gasteiger partial charge in [0.15, 0.2) is 0 Å². The standard InChI is InChI=1S/C25H24N4O2/c26-19-9-4-8-17(12-19)21-13-18(16-6-2-1-3-7-16)14-22-23(21)24(30)29(25(27)28-22)15-20-10-5-11-31-20/h1-4,6-9,12-14,20H,5,10-11,15,26H2,(H2,27,28). The molecule has 4 N–H and O–H groups in total. The number of anilines is 2. The van der Waals surface area contributed by atoms with Crippen LogP contribution in [0.1, 0.15) is 12.8 Å². The molecule has 6 nitrogen and oxygen atoms in total. The minimum absolute atomic E-state index is 0.0151. The van der Waals surface area contributed by atoms with E-state index in [0.29, 0.717) is 23.1 Å². The molecule has 1 aliphatic rings. The summed E-state index contributed by atoms with van der Waals surface area (Å²) in [5.41, 5.74) is 17.0. The zero-order chi connectivity index (χ0) is 21.4. The molecular formula is C25H24N4O2. The monoisotopic (exact) mass is 412 g/mol. The average molecular weight is 412 g/mol. The number of nitrogens with two attached hydrogens (primary N) is 2. The summed E-state index contributed by atoms with van der Waals surface area (Å²) in [6, 6.07) is 21.5. The Hall–Kier alpha value is -3.64. The lowest BCUT2D eigenvalue weighted by molar-refractivity contribution is 0.0966. The number of hydrogen-bond donors (Lipinski definition) is 2. The number of nitrogens with zero attached hydrogens (tertiary/aromatic N) is 2. The smallest absolute Gasteiger partial charge is 0.263 e. The molecule has 1 aromatic heterocycles. The first-order valence-corrected chi connectivity index (χ1v) is 10.5. The molecule has 0 amide bonds. The fourth-order valence-electron chi connectivity index (χ4n) is 4.26. The molecule has 4 aromatic rings. The van der Waals surface area contributed by atoms with E-state index in [1.165, 1.54) is 4.57 Å². The van der Waals surface area contributed by atoms with Gasteiger partial charge < -0.3 is 16.2 Å². The molecule has 1 aliphatic heterocycles. The number of fused-ring (bicyclic) bond motifs is 1. The van der Waals surface area contributed by atoms with Gasteiger partial charge in [0.05, 0.1) is 23.6 Å². The molecule has 1 fully saturated rings. The van der Waals surface area contributed by atoms with Crippen LogP contribution in [0.25, 0.3) is 33.2 Å². The molecule has 5 rings (SSSR count). The molecule has 0 saturated carbocycles. The molecular weight excluding hydrogens is 388 g/mol. The molecule has 0 radical (unpaired) electrons. The van der Waals surface area contributed by atoms with Crippen molar-refractivity contribution in [2.24, 2.45) is 0 Å². The Bertz CT molecular complexity index is 1310. The number of aromatic nitrogens is 2. The zero-order valence-electron chi connectivity index (χ0n) is 17.1. The topological polar surface area (TPSA) is 96.2 Å². The van der Waals surface area contributed by atoms with E-state index in [2.05, 4.69) is 4.98 Å². The van der Waals surface area contributed by atoms with Crippen molar-refractivity contribution in [2.45, 2.75) is 25.5 Å². The molecule has 1 atom stereocenters. The maximum atomic E-state index is 13.6. The van der Waals surface area contributed by atoms with Crippen LogP contribution in [0.15, 0.2) is 71.5 Å². The van der Waals surface area contributed by atoms with Gasteiger partial charge in [0.2, 0.25) is 5.95 Å². The second-order valence-corrected chi connectivity index (χ2v) is 7.93. The van der Waals surface area contributed by atoms with Gasteiger partial charge in [-0.2, -0.15) is 0 Å². The van der Waals surface area contributed by atoms with Gasteiger partial charge in [0.1, 0.15) is 0 Å². The lowest BCUT2D eigenvalue weighted by Gasteiger charge is -2.17. The van der Waals surface area contributed by atoms with E-state index in [9.17, 15) is 4.79 Å². The number of rotatable bonds is 4. The van der Waals surface area contributed by atoms with Crippen molar-refractivity contribution in [2.75, 3.05) is 18.1 Å². The predicted molar refractivity (Wildman–Crippen MR) is 125 cm³/mol. The van der Waals surface area contributed by atoms with E-state index in [1.54, 1.807) is 0 Å². The maximum absolute atomic E-state index is 13.6. The van der Waals surface area contributed by atoms with Crippen molar-refractivity contribution in [3.8, 4) is 22.3 Å². The highest BCUT2D eigenvalue weighted by atomic mass is 16.5. The molecule has 156 valence electrons. The minimum Gasteiger partial charge on any atom is -0.399 e. The first-order valence-electron chi connectivity index (χ1n) is 10.5. The highest BCUT2D eigenvalue weighted by Gasteiger charge is 2.21. The van der Waals surface area contributed by atoms with Crippen LogP contribution >= 0.6 is 0 Å². The summed E-state index contributed by atoms with van der Waals surface area (Å²) in [5.74, 6) is 0.205. The average Bonchev–Trinajstić information content (AvgIpc) is 3.30. The van der Waals surface area contributed by atoms with Gasteiger partial charge in [0.25, 0.3) is 5.56 Å². The number of ether oxygens (including phenoxy) is 1. The molecule has 3 aromatic carbocycles. The Labute approximate surface area is 180 Å². The summed E-state index contributed by atoms with van der Waals surface area (Å²) in [7, 11) is 0. The van der Waals surface area contributed by atoms with Crippen LogP contribution in [0, 0.1) is 0 Å². The van der Waals surface area contributed by atoms with Crippen molar-refractivity contribution in [3.63, 3.8) is 0 Å². The van der Waals surface area contributed by atoms with Gasteiger partial charge in [-0.25, -0.2) is 4.98 Å². The van der Waals surface area contributed by atoms with Crippen LogP contribution in [0.4, 0.5) is 11.6 Å². The van der Waals surface area contributed by atoms with Crippen molar-refractivity contribution in [1.82, 2.24) is 9.55 Å². The van der Waals surface area contributed by atoms with Crippen molar-refractivity contribution >= 4 is 22.5 Å². The van der Waals surface area contributed by atoms with Crippen LogP contribution < -0.4 is 17.0 Å². The van der Waals surface area contributed by atoms with Crippen LogP contribution in [0.3, 0.4) is 0 Å². The van der Waals surface area contributed by atoms with Gasteiger partial charge in [-0.3, -0.25) is 9.36 Å². The first-order chi connectivity index (χ1) is 15.1. The fourth-order valence-corrected chi connectivity index (χ4v) is 4.26. The zero-order valence-corrected chi connectivity index (χ0v) is 17.1. The van der Waals surface area contributed by atoms with Crippen molar-refractivity contribution in [1.29, 1.82) is 0 Å². The third-order valence-electron chi connectivity index (χ3n) is 5.80. The lowest BCUT2D eigenvalue weighted by Crippen LogP contribution is -2.29. The summed E-state index contributed by atoms with van der Waals surface area (Å²) in [6.45, 7) is 1.12. The third kappa shape index (κ3) is 3.66. The van der Waals surface area contributed by atoms with Crippen LogP contribution in [0.2, 0.25) is 0 Å². The molecule has 1 saturated heterocycles. The van der Waals surface area contributed by atoms with Crippen molar-refractivity contribution < 1.29 is 4.74 Å². The van der Waals surface area contributed by atoms with Gasteiger partial charge in [-0.15, -0.1) is 0 Å². The second kappa shape index (κ2) is 7.89. The van der Waals surface area contributed by atoms with Gasteiger partial charge in [-0.1, -0.05) is 42.5 Å². The fraction of sp³-hybridized carbons (Fsp3) is 0.200. The first kappa shape index (κ1) is 19.3. The molecule has 1 unspecified atom stereocenters. The van der Waals surface area contributed by atoms with Crippen LogP contribution in [0.5, 0.6) is 0 Å². The summed E-state index contributed by atoms with van der Waals surface area (Å²) < 4.78 is 7.26. The Morgan fingerprint density at radius 3 is 2.52 bits per heavy atom. The molecule has 2 heterocycles. The van der Waals surface area contributed by atoms with E-state index in [0.717, 1.165) is 41.7 Å². The Morgan fingerprint density at radius 2 is 1.77 bits per heavy atom. The lowest BCUT2D eigenvalue weighted by atomic mass is 9.95. The number of benzene rings is 3. The van der Waals surface area contributed by atoms with Gasteiger partial charge in [0, 0.05) is 12.3 Å². The Balaban J connectivity index is 1.77. The molecule has 0 aliphatic carbocycles. The van der Waals surface area contributed by atoms with E-state index in [1.807, 2.05) is 66.7 Å². The number of nitrogen functional groups attached to an aromatic ring is 2. The highest BCUT2D eigenvalue weighted by Crippen LogP contribution is 2.33.